The van der Waals surface area contributed by atoms with Gasteiger partial charge in [-0.15, -0.1) is 24.8 Å². The topological polar surface area (TPSA) is 76.8 Å². The molecule has 3 rings (SSSR count). The molecule has 2 aliphatic rings. The van der Waals surface area contributed by atoms with Crippen molar-refractivity contribution in [2.75, 3.05) is 33.3 Å². The summed E-state index contributed by atoms with van der Waals surface area (Å²) in [5.41, 5.74) is 6.83. The van der Waals surface area contributed by atoms with Crippen molar-refractivity contribution in [1.82, 2.24) is 10.2 Å². The molecule has 2 saturated heterocycles. The van der Waals surface area contributed by atoms with Crippen molar-refractivity contribution in [2.24, 2.45) is 5.73 Å². The van der Waals surface area contributed by atoms with Crippen LogP contribution in [0.15, 0.2) is 24.3 Å². The lowest BCUT2D eigenvalue weighted by Crippen LogP contribution is -2.41. The van der Waals surface area contributed by atoms with Crippen molar-refractivity contribution in [3.8, 4) is 5.75 Å². The van der Waals surface area contributed by atoms with Gasteiger partial charge in [-0.1, -0.05) is 12.1 Å². The predicted molar refractivity (Wildman–Crippen MR) is 111 cm³/mol. The molecule has 27 heavy (non-hydrogen) atoms. The minimum absolute atomic E-state index is 0. The number of halogens is 2. The van der Waals surface area contributed by atoms with E-state index in [1.807, 2.05) is 12.1 Å². The van der Waals surface area contributed by atoms with E-state index in [1.54, 1.807) is 7.11 Å². The molecular formula is C19H31Cl2N3O3. The van der Waals surface area contributed by atoms with Crippen LogP contribution in [0.1, 0.15) is 37.3 Å². The second-order valence-corrected chi connectivity index (χ2v) is 6.84. The van der Waals surface area contributed by atoms with Gasteiger partial charge in [0.15, 0.2) is 0 Å². The average Bonchev–Trinajstić information content (AvgIpc) is 3.34. The zero-order valence-corrected chi connectivity index (χ0v) is 17.4. The Morgan fingerprint density at radius 2 is 1.93 bits per heavy atom. The largest absolute Gasteiger partial charge is 0.497 e. The highest BCUT2D eigenvalue weighted by Gasteiger charge is 2.31. The van der Waals surface area contributed by atoms with Gasteiger partial charge >= 0.3 is 0 Å². The highest BCUT2D eigenvalue weighted by Crippen LogP contribution is 2.26. The summed E-state index contributed by atoms with van der Waals surface area (Å²) in [5.74, 6) is 0.828. The van der Waals surface area contributed by atoms with E-state index in [0.717, 1.165) is 31.7 Å². The molecule has 3 N–H and O–H groups in total. The average molecular weight is 420 g/mol. The second kappa shape index (κ2) is 11.7. The van der Waals surface area contributed by atoms with Gasteiger partial charge in [0.2, 0.25) is 5.91 Å². The second-order valence-electron chi connectivity index (χ2n) is 6.84. The maximum absolute atomic E-state index is 12.4. The molecule has 1 aromatic carbocycles. The van der Waals surface area contributed by atoms with Crippen LogP contribution in [0.4, 0.5) is 0 Å². The fourth-order valence-electron chi connectivity index (χ4n) is 3.72. The number of likely N-dealkylation sites (tertiary alicyclic amines) is 1. The summed E-state index contributed by atoms with van der Waals surface area (Å²) in [5, 5.41) is 3.10. The molecule has 6 nitrogen and oxygen atoms in total. The Bertz CT molecular complexity index is 568. The van der Waals surface area contributed by atoms with E-state index >= 15 is 0 Å². The normalized spacial score (nSPS) is 23.2. The first-order chi connectivity index (χ1) is 12.2. The molecule has 1 unspecified atom stereocenters. The maximum Gasteiger partial charge on any atom is 0.249 e. The molecule has 0 bridgehead atoms. The van der Waals surface area contributed by atoms with E-state index in [2.05, 4.69) is 22.3 Å². The molecule has 1 amide bonds. The molecule has 2 heterocycles. The Balaban J connectivity index is 0.00000182. The van der Waals surface area contributed by atoms with Crippen molar-refractivity contribution >= 4 is 30.7 Å². The number of benzene rings is 1. The van der Waals surface area contributed by atoms with E-state index in [9.17, 15) is 4.79 Å². The van der Waals surface area contributed by atoms with Crippen molar-refractivity contribution in [3.63, 3.8) is 0 Å². The number of carbonyl (C=O) groups excluding carboxylic acids is 1. The lowest BCUT2D eigenvalue weighted by Gasteiger charge is -2.28. The van der Waals surface area contributed by atoms with Crippen molar-refractivity contribution in [3.05, 3.63) is 29.8 Å². The van der Waals surface area contributed by atoms with E-state index in [0.29, 0.717) is 13.1 Å². The Hall–Kier alpha value is -1.05. The van der Waals surface area contributed by atoms with Gasteiger partial charge in [0, 0.05) is 13.1 Å². The predicted octanol–water partition coefficient (Wildman–Crippen LogP) is 2.30. The first-order valence-electron chi connectivity index (χ1n) is 9.22. The third kappa shape index (κ3) is 6.22. The lowest BCUT2D eigenvalue weighted by molar-refractivity contribution is -0.132. The number of methoxy groups -OCH3 is 1. The lowest BCUT2D eigenvalue weighted by atomic mass is 10.0. The summed E-state index contributed by atoms with van der Waals surface area (Å²) >= 11 is 0. The highest BCUT2D eigenvalue weighted by atomic mass is 35.5. The standard InChI is InChI=1S/C19H29N3O3.2ClH/c1-24-15-6-4-14(5-7-15)17(22-10-2-3-11-22)13-21-19(23)18-9-8-16(12-20)25-18;;/h4-7,16-18H,2-3,8-13,20H2,1H3,(H,21,23);2*1H/t16-,17?,18+;;/m1../s1. The van der Waals surface area contributed by atoms with Crippen LogP contribution in [0.3, 0.4) is 0 Å². The number of nitrogens with two attached hydrogens (primary N) is 1. The summed E-state index contributed by atoms with van der Waals surface area (Å²) in [6, 6.07) is 8.32. The van der Waals surface area contributed by atoms with Crippen LogP contribution in [0.5, 0.6) is 5.75 Å². The molecule has 2 aliphatic heterocycles. The minimum Gasteiger partial charge on any atom is -0.497 e. The van der Waals surface area contributed by atoms with Crippen molar-refractivity contribution < 1.29 is 14.3 Å². The fraction of sp³-hybridized carbons (Fsp3) is 0.632. The van der Waals surface area contributed by atoms with E-state index in [1.165, 1.54) is 18.4 Å². The van der Waals surface area contributed by atoms with Gasteiger partial charge < -0.3 is 20.5 Å². The fourth-order valence-corrected chi connectivity index (χ4v) is 3.72. The molecule has 0 aromatic heterocycles. The van der Waals surface area contributed by atoms with E-state index < -0.39 is 0 Å². The van der Waals surface area contributed by atoms with E-state index in [-0.39, 0.29) is 49.0 Å². The summed E-state index contributed by atoms with van der Waals surface area (Å²) in [6.45, 7) is 3.22. The summed E-state index contributed by atoms with van der Waals surface area (Å²) < 4.78 is 10.9. The van der Waals surface area contributed by atoms with Crippen LogP contribution in [-0.2, 0) is 9.53 Å². The Kier molecular flexibility index (Phi) is 10.4. The molecule has 0 aliphatic carbocycles. The van der Waals surface area contributed by atoms with E-state index in [4.69, 9.17) is 15.2 Å². The molecule has 0 radical (unpaired) electrons. The molecule has 8 heteroatoms. The van der Waals surface area contributed by atoms with Gasteiger partial charge in [0.25, 0.3) is 0 Å². The Morgan fingerprint density at radius 1 is 1.26 bits per heavy atom. The van der Waals surface area contributed by atoms with Crippen molar-refractivity contribution in [1.29, 1.82) is 0 Å². The molecule has 0 spiro atoms. The summed E-state index contributed by atoms with van der Waals surface area (Å²) in [7, 11) is 1.67. The number of ether oxygens (including phenoxy) is 2. The zero-order chi connectivity index (χ0) is 17.6. The number of nitrogens with one attached hydrogen (secondary N) is 1. The van der Waals surface area contributed by atoms with Crippen LogP contribution in [0, 0.1) is 0 Å². The molecule has 3 atom stereocenters. The molecule has 0 saturated carbocycles. The quantitative estimate of drug-likeness (QED) is 0.708. The monoisotopic (exact) mass is 419 g/mol. The summed E-state index contributed by atoms with van der Waals surface area (Å²) in [4.78, 5) is 14.9. The Morgan fingerprint density at radius 3 is 2.48 bits per heavy atom. The SMILES string of the molecule is COc1ccc(C(CNC(=O)[C@@H]2CC[C@H](CN)O2)N2CCCC2)cc1.Cl.Cl. The first kappa shape index (κ1) is 24.0. The number of rotatable bonds is 7. The van der Waals surface area contributed by atoms with Crippen LogP contribution >= 0.6 is 24.8 Å². The van der Waals surface area contributed by atoms with Gasteiger partial charge in [-0.2, -0.15) is 0 Å². The minimum atomic E-state index is -0.358. The third-order valence-corrected chi connectivity index (χ3v) is 5.21. The molecule has 154 valence electrons. The van der Waals surface area contributed by atoms with Gasteiger partial charge in [0.1, 0.15) is 11.9 Å². The van der Waals surface area contributed by atoms with Gasteiger partial charge in [-0.3, -0.25) is 9.69 Å². The number of carbonyl (C=O) groups is 1. The maximum atomic E-state index is 12.4. The first-order valence-corrected chi connectivity index (χ1v) is 9.22. The van der Waals surface area contributed by atoms with Gasteiger partial charge in [-0.25, -0.2) is 0 Å². The zero-order valence-electron chi connectivity index (χ0n) is 15.8. The van der Waals surface area contributed by atoms with Crippen molar-refractivity contribution in [2.45, 2.75) is 43.9 Å². The third-order valence-electron chi connectivity index (χ3n) is 5.21. The Labute approximate surface area is 174 Å². The number of nitrogens with zero attached hydrogens (tertiary/aromatic N) is 1. The molecular weight excluding hydrogens is 389 g/mol. The number of hydrogen-bond donors (Lipinski definition) is 2. The summed E-state index contributed by atoms with van der Waals surface area (Å²) in [6.07, 6.45) is 3.71. The molecule has 1 aromatic rings. The number of amides is 1. The smallest absolute Gasteiger partial charge is 0.249 e. The molecule has 2 fully saturated rings. The van der Waals surface area contributed by atoms with Crippen LogP contribution in [0.25, 0.3) is 0 Å². The van der Waals surface area contributed by atoms with Crippen LogP contribution in [0.2, 0.25) is 0 Å². The van der Waals surface area contributed by atoms with Crippen LogP contribution in [-0.4, -0.2) is 56.3 Å². The number of hydrogen-bond acceptors (Lipinski definition) is 5. The van der Waals surface area contributed by atoms with Gasteiger partial charge in [0.05, 0.1) is 19.3 Å². The highest BCUT2D eigenvalue weighted by molar-refractivity contribution is 5.85. The van der Waals surface area contributed by atoms with Crippen LogP contribution < -0.4 is 15.8 Å². The van der Waals surface area contributed by atoms with Gasteiger partial charge in [-0.05, 0) is 56.5 Å².